The monoisotopic (exact) mass is 510 g/mol. The second-order valence-electron chi connectivity index (χ2n) is 9.53. The van der Waals surface area contributed by atoms with Gasteiger partial charge < -0.3 is 19.7 Å². The second-order valence-corrected chi connectivity index (χ2v) is 9.94. The number of benzene rings is 2. The van der Waals surface area contributed by atoms with Crippen molar-refractivity contribution in [3.8, 4) is 5.75 Å². The van der Waals surface area contributed by atoms with Gasteiger partial charge in [0, 0.05) is 5.02 Å². The summed E-state index contributed by atoms with van der Waals surface area (Å²) in [6.07, 6.45) is 7.43. The number of fused-ring (bicyclic) bond motifs is 1. The lowest BCUT2D eigenvalue weighted by molar-refractivity contribution is -0.152. The van der Waals surface area contributed by atoms with Gasteiger partial charge in [-0.3, -0.25) is 9.59 Å². The zero-order valence-corrected chi connectivity index (χ0v) is 21.8. The molecule has 1 heterocycles. The lowest BCUT2D eigenvalue weighted by atomic mass is 9.89. The molecule has 36 heavy (non-hydrogen) atoms. The van der Waals surface area contributed by atoms with Crippen LogP contribution >= 0.6 is 11.6 Å². The molecule has 2 aromatic rings. The zero-order valence-electron chi connectivity index (χ0n) is 21.0. The van der Waals surface area contributed by atoms with E-state index in [4.69, 9.17) is 21.1 Å². The summed E-state index contributed by atoms with van der Waals surface area (Å²) >= 11 is 6.31. The summed E-state index contributed by atoms with van der Waals surface area (Å²) in [4.78, 5) is 28.2. The molecule has 1 N–H and O–H groups in total. The first-order chi connectivity index (χ1) is 17.5. The Balaban J connectivity index is 1.43. The predicted molar refractivity (Wildman–Crippen MR) is 142 cm³/mol. The van der Waals surface area contributed by atoms with Gasteiger partial charge in [0.2, 0.25) is 5.91 Å². The largest absolute Gasteiger partial charge is 0.494 e. The van der Waals surface area contributed by atoms with E-state index in [0.717, 1.165) is 55.4 Å². The van der Waals surface area contributed by atoms with Crippen LogP contribution in [0.1, 0.15) is 69.5 Å². The highest BCUT2D eigenvalue weighted by Gasteiger charge is 2.42. The molecule has 0 spiro atoms. The maximum absolute atomic E-state index is 13.4. The Bertz CT molecular complexity index is 1080. The molecular weight excluding hydrogens is 476 g/mol. The summed E-state index contributed by atoms with van der Waals surface area (Å²) in [5, 5.41) is 3.60. The molecule has 192 valence electrons. The van der Waals surface area contributed by atoms with Crippen LogP contribution in [0, 0.1) is 0 Å². The van der Waals surface area contributed by atoms with Crippen molar-refractivity contribution in [1.29, 1.82) is 0 Å². The first-order valence-electron chi connectivity index (χ1n) is 12.9. The fourth-order valence-electron chi connectivity index (χ4n) is 4.81. The SMILES string of the molecule is CCCCOc1ccc(C(C)NC(=O)CN2C(=O)/C(=C\c3ccccc3Cl)OC3CCCCC32)cc1. The smallest absolute Gasteiger partial charge is 0.289 e. The Morgan fingerprint density at radius 1 is 1.19 bits per heavy atom. The molecule has 2 fully saturated rings. The Hall–Kier alpha value is -2.99. The Labute approximate surface area is 218 Å². The number of nitrogens with one attached hydrogen (secondary N) is 1. The van der Waals surface area contributed by atoms with Gasteiger partial charge in [-0.05, 0) is 68.0 Å². The third kappa shape index (κ3) is 6.41. The highest BCUT2D eigenvalue weighted by atomic mass is 35.5. The molecule has 6 nitrogen and oxygen atoms in total. The molecule has 3 unspecified atom stereocenters. The number of halogens is 1. The summed E-state index contributed by atoms with van der Waals surface area (Å²) in [7, 11) is 0. The first-order valence-corrected chi connectivity index (χ1v) is 13.3. The third-order valence-electron chi connectivity index (χ3n) is 6.85. The summed E-state index contributed by atoms with van der Waals surface area (Å²) in [5.74, 6) is 0.605. The molecule has 2 amide bonds. The quantitative estimate of drug-likeness (QED) is 0.336. The predicted octanol–water partition coefficient (Wildman–Crippen LogP) is 5.91. The molecule has 4 rings (SSSR count). The Kier molecular flexibility index (Phi) is 8.92. The molecule has 1 aliphatic carbocycles. The number of amides is 2. The summed E-state index contributed by atoms with van der Waals surface area (Å²) in [6, 6.07) is 14.8. The van der Waals surface area contributed by atoms with E-state index < -0.39 is 0 Å². The van der Waals surface area contributed by atoms with Gasteiger partial charge >= 0.3 is 0 Å². The van der Waals surface area contributed by atoms with E-state index in [9.17, 15) is 9.59 Å². The molecule has 3 atom stereocenters. The topological polar surface area (TPSA) is 67.9 Å². The molecule has 0 radical (unpaired) electrons. The van der Waals surface area contributed by atoms with Crippen molar-refractivity contribution in [2.24, 2.45) is 0 Å². The average Bonchev–Trinajstić information content (AvgIpc) is 2.88. The van der Waals surface area contributed by atoms with Crippen molar-refractivity contribution < 1.29 is 19.1 Å². The van der Waals surface area contributed by atoms with Crippen molar-refractivity contribution in [3.05, 3.63) is 70.4 Å². The number of ether oxygens (including phenoxy) is 2. The Morgan fingerprint density at radius 2 is 1.94 bits per heavy atom. The maximum Gasteiger partial charge on any atom is 0.289 e. The highest BCUT2D eigenvalue weighted by molar-refractivity contribution is 6.32. The van der Waals surface area contributed by atoms with Crippen molar-refractivity contribution in [2.45, 2.75) is 70.6 Å². The van der Waals surface area contributed by atoms with Gasteiger partial charge in [-0.15, -0.1) is 0 Å². The zero-order chi connectivity index (χ0) is 25.5. The number of carbonyl (C=O) groups excluding carboxylic acids is 2. The second kappa shape index (κ2) is 12.3. The van der Waals surface area contributed by atoms with Gasteiger partial charge in [-0.2, -0.15) is 0 Å². The van der Waals surface area contributed by atoms with Crippen molar-refractivity contribution in [1.82, 2.24) is 10.2 Å². The van der Waals surface area contributed by atoms with Crippen molar-refractivity contribution in [3.63, 3.8) is 0 Å². The number of carbonyl (C=O) groups is 2. The summed E-state index contributed by atoms with van der Waals surface area (Å²) in [6.45, 7) is 4.76. The molecule has 7 heteroatoms. The van der Waals surface area contributed by atoms with Crippen LogP contribution in [0.15, 0.2) is 54.3 Å². The van der Waals surface area contributed by atoms with Crippen LogP contribution in [0.2, 0.25) is 5.02 Å². The number of morpholine rings is 1. The molecule has 1 aliphatic heterocycles. The third-order valence-corrected chi connectivity index (χ3v) is 7.19. The number of rotatable bonds is 9. The summed E-state index contributed by atoms with van der Waals surface area (Å²) < 4.78 is 11.9. The van der Waals surface area contributed by atoms with Crippen LogP contribution in [0.3, 0.4) is 0 Å². The minimum absolute atomic E-state index is 0.00816. The lowest BCUT2D eigenvalue weighted by Crippen LogP contribution is -2.57. The van der Waals surface area contributed by atoms with Gasteiger partial charge in [-0.1, -0.05) is 61.7 Å². The summed E-state index contributed by atoms with van der Waals surface area (Å²) in [5.41, 5.74) is 1.70. The van der Waals surface area contributed by atoms with Crippen LogP contribution in [0.4, 0.5) is 0 Å². The standard InChI is InChI=1S/C29H35ClN2O4/c1-3-4-17-35-23-15-13-21(14-16-23)20(2)31-28(33)19-32-25-11-7-8-12-26(25)36-27(29(32)34)18-22-9-5-6-10-24(22)30/h5-6,9-10,13-16,18,20,25-26H,3-4,7-8,11-12,17,19H2,1-2H3,(H,31,33)/b27-18+. The number of nitrogens with zero attached hydrogens (tertiary/aromatic N) is 1. The fourth-order valence-corrected chi connectivity index (χ4v) is 5.00. The lowest BCUT2D eigenvalue weighted by Gasteiger charge is -2.44. The Morgan fingerprint density at radius 3 is 2.69 bits per heavy atom. The van der Waals surface area contributed by atoms with Gasteiger partial charge in [0.15, 0.2) is 5.76 Å². The van der Waals surface area contributed by atoms with E-state index in [1.165, 1.54) is 0 Å². The first kappa shape index (κ1) is 26.1. The number of unbranched alkanes of at least 4 members (excludes halogenated alkanes) is 1. The minimum atomic E-state index is -0.269. The number of hydrogen-bond acceptors (Lipinski definition) is 4. The van der Waals surface area contributed by atoms with E-state index in [1.807, 2.05) is 49.4 Å². The van der Waals surface area contributed by atoms with Crippen LogP contribution in [0.5, 0.6) is 5.75 Å². The minimum Gasteiger partial charge on any atom is -0.494 e. The van der Waals surface area contributed by atoms with E-state index >= 15 is 0 Å². The highest BCUT2D eigenvalue weighted by Crippen LogP contribution is 2.34. The maximum atomic E-state index is 13.4. The van der Waals surface area contributed by atoms with Crippen LogP contribution in [-0.2, 0) is 14.3 Å². The van der Waals surface area contributed by atoms with Gasteiger partial charge in [0.25, 0.3) is 5.91 Å². The molecular formula is C29H35ClN2O4. The van der Waals surface area contributed by atoms with Crippen molar-refractivity contribution in [2.75, 3.05) is 13.2 Å². The molecule has 2 aromatic carbocycles. The van der Waals surface area contributed by atoms with Gasteiger partial charge in [0.1, 0.15) is 18.4 Å². The molecule has 1 saturated heterocycles. The normalized spacial score (nSPS) is 21.5. The molecule has 1 saturated carbocycles. The van der Waals surface area contributed by atoms with Gasteiger partial charge in [-0.25, -0.2) is 0 Å². The van der Waals surface area contributed by atoms with E-state index in [-0.39, 0.29) is 42.3 Å². The number of hydrogen-bond donors (Lipinski definition) is 1. The molecule has 2 aliphatic rings. The molecule has 0 aromatic heterocycles. The van der Waals surface area contributed by atoms with E-state index in [2.05, 4.69) is 12.2 Å². The fraction of sp³-hybridized carbons (Fsp3) is 0.448. The van der Waals surface area contributed by atoms with Crippen LogP contribution < -0.4 is 10.1 Å². The van der Waals surface area contributed by atoms with Crippen LogP contribution in [0.25, 0.3) is 6.08 Å². The van der Waals surface area contributed by atoms with E-state index in [0.29, 0.717) is 11.6 Å². The van der Waals surface area contributed by atoms with Crippen molar-refractivity contribution >= 4 is 29.5 Å². The van der Waals surface area contributed by atoms with E-state index in [1.54, 1.807) is 17.0 Å². The average molecular weight is 511 g/mol. The van der Waals surface area contributed by atoms with Gasteiger partial charge in [0.05, 0.1) is 18.7 Å². The van der Waals surface area contributed by atoms with Crippen LogP contribution in [-0.4, -0.2) is 42.0 Å². The molecule has 0 bridgehead atoms.